The van der Waals surface area contributed by atoms with Gasteiger partial charge in [-0.2, -0.15) is 0 Å². The minimum atomic E-state index is -0.251. The number of halogens is 1. The molecule has 0 aliphatic carbocycles. The summed E-state index contributed by atoms with van der Waals surface area (Å²) >= 11 is 0. The molecule has 0 saturated heterocycles. The summed E-state index contributed by atoms with van der Waals surface area (Å²) in [5.74, 6) is 0.633. The zero-order valence-corrected chi connectivity index (χ0v) is 8.93. The summed E-state index contributed by atoms with van der Waals surface area (Å²) in [6, 6.07) is 7.48. The van der Waals surface area contributed by atoms with Gasteiger partial charge in [0.1, 0.15) is 0 Å². The summed E-state index contributed by atoms with van der Waals surface area (Å²) in [6.07, 6.45) is 5.40. The van der Waals surface area contributed by atoms with Gasteiger partial charge in [0.05, 0.1) is 12.4 Å². The second-order valence-electron chi connectivity index (χ2n) is 2.96. The largest absolute Gasteiger partial charge is 1.00 e. The number of aromatic nitrogens is 3. The van der Waals surface area contributed by atoms with Crippen molar-refractivity contribution in [1.82, 2.24) is 9.55 Å². The Bertz CT molecular complexity index is 496. The van der Waals surface area contributed by atoms with Crippen molar-refractivity contribution in [3.63, 3.8) is 0 Å². The van der Waals surface area contributed by atoms with Gasteiger partial charge in [-0.15, -0.1) is 0 Å². The maximum Gasteiger partial charge on any atom is 0.457 e. The van der Waals surface area contributed by atoms with Crippen LogP contribution in [0.5, 0.6) is 0 Å². The second-order valence-corrected chi connectivity index (χ2v) is 2.96. The minimum absolute atomic E-state index is 0. The third-order valence-corrected chi connectivity index (χ3v) is 1.94. The highest BCUT2D eigenvalue weighted by atomic mass is 35.5. The number of hydrogen-bond acceptors (Lipinski definition) is 2. The van der Waals surface area contributed by atoms with E-state index in [4.69, 9.17) is 0 Å². The second kappa shape index (κ2) is 4.70. The Morgan fingerprint density at radius 3 is 2.53 bits per heavy atom. The average Bonchev–Trinajstić information content (AvgIpc) is 2.23. The highest BCUT2D eigenvalue weighted by Gasteiger charge is 2.08. The van der Waals surface area contributed by atoms with Crippen molar-refractivity contribution in [3.05, 3.63) is 53.3 Å². The van der Waals surface area contributed by atoms with Crippen molar-refractivity contribution in [2.24, 2.45) is 7.05 Å². The van der Waals surface area contributed by atoms with Crippen LogP contribution >= 0.6 is 0 Å². The van der Waals surface area contributed by atoms with Crippen LogP contribution in [0.3, 0.4) is 0 Å². The molecule has 2 heterocycles. The predicted molar refractivity (Wildman–Crippen MR) is 51.0 cm³/mol. The van der Waals surface area contributed by atoms with Crippen molar-refractivity contribution < 1.29 is 17.0 Å². The normalized spacial score (nSPS) is 9.40. The summed E-state index contributed by atoms with van der Waals surface area (Å²) in [5.41, 5.74) is -0.251. The van der Waals surface area contributed by atoms with Crippen LogP contribution in [0, 0.1) is 0 Å². The molecular formula is C10H10ClN3O. The van der Waals surface area contributed by atoms with Gasteiger partial charge >= 0.3 is 11.5 Å². The highest BCUT2D eigenvalue weighted by molar-refractivity contribution is 5.06. The fraction of sp³-hybridized carbons (Fsp3) is 0.100. The molecular weight excluding hydrogens is 214 g/mol. The van der Waals surface area contributed by atoms with E-state index in [1.807, 2.05) is 30.6 Å². The molecule has 0 bridgehead atoms. The van der Waals surface area contributed by atoms with E-state index in [-0.39, 0.29) is 18.1 Å². The van der Waals surface area contributed by atoms with Gasteiger partial charge in [-0.1, -0.05) is 6.07 Å². The number of aryl methyl sites for hydroxylation is 1. The molecule has 0 fully saturated rings. The molecule has 2 aromatic heterocycles. The molecule has 0 spiro atoms. The zero-order chi connectivity index (χ0) is 9.97. The summed E-state index contributed by atoms with van der Waals surface area (Å²) in [6.45, 7) is 0. The molecule has 2 aromatic rings. The summed E-state index contributed by atoms with van der Waals surface area (Å²) in [7, 11) is 1.68. The van der Waals surface area contributed by atoms with Crippen LogP contribution in [0.25, 0.3) is 5.82 Å². The van der Waals surface area contributed by atoms with Gasteiger partial charge in [0, 0.05) is 24.3 Å². The minimum Gasteiger partial charge on any atom is -1.00 e. The van der Waals surface area contributed by atoms with E-state index in [1.54, 1.807) is 23.9 Å². The van der Waals surface area contributed by atoms with Crippen LogP contribution in [0.4, 0.5) is 0 Å². The lowest BCUT2D eigenvalue weighted by Crippen LogP contribution is -3.00. The van der Waals surface area contributed by atoms with E-state index in [2.05, 4.69) is 4.98 Å². The highest BCUT2D eigenvalue weighted by Crippen LogP contribution is 1.88. The van der Waals surface area contributed by atoms with Gasteiger partial charge in [-0.05, 0) is 12.1 Å². The molecule has 0 saturated carbocycles. The van der Waals surface area contributed by atoms with E-state index in [0.717, 1.165) is 0 Å². The zero-order valence-electron chi connectivity index (χ0n) is 8.17. The van der Waals surface area contributed by atoms with Crippen LogP contribution in [0.2, 0.25) is 0 Å². The molecule has 4 nitrogen and oxygen atoms in total. The van der Waals surface area contributed by atoms with E-state index in [9.17, 15) is 4.79 Å². The first-order chi connectivity index (χ1) is 6.77. The Labute approximate surface area is 93.2 Å². The molecule has 0 radical (unpaired) electrons. The van der Waals surface area contributed by atoms with Crippen molar-refractivity contribution in [2.45, 2.75) is 0 Å². The molecule has 5 heteroatoms. The van der Waals surface area contributed by atoms with Crippen LogP contribution in [0.15, 0.2) is 47.7 Å². The van der Waals surface area contributed by atoms with E-state index < -0.39 is 0 Å². The van der Waals surface area contributed by atoms with Crippen LogP contribution in [0.1, 0.15) is 0 Å². The Morgan fingerprint density at radius 2 is 1.93 bits per heavy atom. The Balaban J connectivity index is 0.00000112. The first-order valence-corrected chi connectivity index (χ1v) is 4.28. The first-order valence-electron chi connectivity index (χ1n) is 4.28. The van der Waals surface area contributed by atoms with Crippen molar-refractivity contribution in [2.75, 3.05) is 0 Å². The van der Waals surface area contributed by atoms with E-state index in [1.165, 1.54) is 4.57 Å². The third kappa shape index (κ3) is 2.41. The van der Waals surface area contributed by atoms with Crippen molar-refractivity contribution in [1.29, 1.82) is 0 Å². The topological polar surface area (TPSA) is 38.8 Å². The van der Waals surface area contributed by atoms with Crippen molar-refractivity contribution in [3.8, 4) is 5.82 Å². The van der Waals surface area contributed by atoms with Gasteiger partial charge in [0.25, 0.3) is 0 Å². The number of rotatable bonds is 1. The molecule has 0 aromatic carbocycles. The molecule has 0 N–H and O–H groups in total. The fourth-order valence-corrected chi connectivity index (χ4v) is 1.15. The maximum atomic E-state index is 11.3. The average molecular weight is 224 g/mol. The predicted octanol–water partition coefficient (Wildman–Crippen LogP) is -2.94. The van der Waals surface area contributed by atoms with Crippen LogP contribution < -0.4 is 22.7 Å². The van der Waals surface area contributed by atoms with Gasteiger partial charge in [-0.3, -0.25) is 4.57 Å². The van der Waals surface area contributed by atoms with Gasteiger partial charge < -0.3 is 12.4 Å². The molecule has 0 aliphatic heterocycles. The lowest BCUT2D eigenvalue weighted by Gasteiger charge is -1.94. The molecule has 0 unspecified atom stereocenters. The molecule has 0 amide bonds. The van der Waals surface area contributed by atoms with Gasteiger partial charge in [0.15, 0.2) is 0 Å². The summed E-state index contributed by atoms with van der Waals surface area (Å²) in [5, 5.41) is 0. The van der Waals surface area contributed by atoms with E-state index in [0.29, 0.717) is 5.82 Å². The molecule has 78 valence electrons. The molecule has 0 atom stereocenters. The van der Waals surface area contributed by atoms with Crippen LogP contribution in [-0.2, 0) is 7.05 Å². The van der Waals surface area contributed by atoms with Gasteiger partial charge in [0.2, 0.25) is 0 Å². The lowest BCUT2D eigenvalue weighted by atomic mass is 10.4. The lowest BCUT2D eigenvalue weighted by molar-refractivity contribution is -0.599. The molecule has 2 rings (SSSR count). The third-order valence-electron chi connectivity index (χ3n) is 1.94. The standard InChI is InChI=1S/C10H10N3O.ClH/c1-12-8-5-9(11-10(12)14)13-6-3-2-4-7-13;/h2-8H,1H3;1H/q+1;/p-1. The number of pyridine rings is 1. The number of hydrogen-bond donors (Lipinski definition) is 0. The first kappa shape index (κ1) is 11.4. The fourth-order valence-electron chi connectivity index (χ4n) is 1.15. The van der Waals surface area contributed by atoms with Crippen molar-refractivity contribution >= 4 is 0 Å². The van der Waals surface area contributed by atoms with Crippen LogP contribution in [-0.4, -0.2) is 9.55 Å². The Hall–Kier alpha value is -1.68. The van der Waals surface area contributed by atoms with E-state index >= 15 is 0 Å². The SMILES string of the molecule is Cn1ccc(-[n+]2ccccc2)nc1=O.[Cl-]. The number of nitrogens with zero attached hydrogens (tertiary/aromatic N) is 3. The molecule has 15 heavy (non-hydrogen) atoms. The smallest absolute Gasteiger partial charge is 0.457 e. The Kier molecular flexibility index (Phi) is 3.57. The summed E-state index contributed by atoms with van der Waals surface area (Å²) < 4.78 is 3.23. The maximum absolute atomic E-state index is 11.3. The Morgan fingerprint density at radius 1 is 1.27 bits per heavy atom. The summed E-state index contributed by atoms with van der Waals surface area (Å²) in [4.78, 5) is 15.2. The van der Waals surface area contributed by atoms with Gasteiger partial charge in [-0.25, -0.2) is 9.36 Å². The monoisotopic (exact) mass is 223 g/mol. The quantitative estimate of drug-likeness (QED) is 0.486. The molecule has 0 aliphatic rings.